The van der Waals surface area contributed by atoms with Gasteiger partial charge in [0.2, 0.25) is 0 Å². The van der Waals surface area contributed by atoms with Crippen LogP contribution in [0.5, 0.6) is 0 Å². The van der Waals surface area contributed by atoms with Crippen LogP contribution in [0, 0.1) is 12.3 Å². The van der Waals surface area contributed by atoms with E-state index in [4.69, 9.17) is 23.8 Å². The van der Waals surface area contributed by atoms with Gasteiger partial charge < -0.3 is 11.1 Å². The third-order valence-electron chi connectivity index (χ3n) is 3.72. The molecule has 8 nitrogen and oxygen atoms in total. The van der Waals surface area contributed by atoms with Crippen LogP contribution in [0.2, 0.25) is 5.02 Å². The van der Waals surface area contributed by atoms with Crippen LogP contribution in [0.25, 0.3) is 0 Å². The van der Waals surface area contributed by atoms with Gasteiger partial charge in [0.25, 0.3) is 15.9 Å². The largest absolute Gasteiger partial charge is 0.397 e. The zero-order valence-corrected chi connectivity index (χ0v) is 15.8. The number of benzene rings is 2. The number of hydrogen-bond acceptors (Lipinski definition) is 5. The van der Waals surface area contributed by atoms with E-state index >= 15 is 0 Å². The molecule has 0 atom stereocenters. The van der Waals surface area contributed by atoms with E-state index in [0.717, 1.165) is 0 Å². The van der Waals surface area contributed by atoms with E-state index in [1.54, 1.807) is 18.2 Å². The highest BCUT2D eigenvalue weighted by Crippen LogP contribution is 2.27. The number of amides is 1. The van der Waals surface area contributed by atoms with E-state index in [1.807, 2.05) is 0 Å². The third kappa shape index (κ3) is 3.93. The van der Waals surface area contributed by atoms with Crippen LogP contribution < -0.4 is 15.8 Å². The highest BCUT2D eigenvalue weighted by atomic mass is 35.5. The smallest absolute Gasteiger partial charge is 0.275 e. The van der Waals surface area contributed by atoms with Crippen molar-refractivity contribution < 1.29 is 13.2 Å². The van der Waals surface area contributed by atoms with Gasteiger partial charge in [0.15, 0.2) is 0 Å². The summed E-state index contributed by atoms with van der Waals surface area (Å²) >= 11 is 6.00. The van der Waals surface area contributed by atoms with Gasteiger partial charge >= 0.3 is 0 Å². The average molecular weight is 416 g/mol. The number of hydrogen-bond donors (Lipinski definition) is 4. The summed E-state index contributed by atoms with van der Waals surface area (Å²) in [6.07, 6.45) is 6.64. The van der Waals surface area contributed by atoms with Crippen molar-refractivity contribution in [2.75, 3.05) is 15.8 Å². The normalized spacial score (nSPS) is 10.9. The first-order valence-electron chi connectivity index (χ1n) is 7.80. The molecule has 0 spiro atoms. The standard InChI is InChI=1S/C18H14ClN5O3S/c1-2-11-10-21-23-17(11)18(25)22-16-9-12(7-8-14(16)20)28(26,27)24-15-6-4-3-5-13(15)19/h1,3-10,24H,20H2,(H,21,23)(H,22,25). The Balaban J connectivity index is 1.90. The number of rotatable bonds is 5. The zero-order valence-electron chi connectivity index (χ0n) is 14.2. The molecule has 1 heterocycles. The topological polar surface area (TPSA) is 130 Å². The van der Waals surface area contributed by atoms with Crippen molar-refractivity contribution >= 4 is 44.6 Å². The molecule has 3 rings (SSSR count). The monoisotopic (exact) mass is 415 g/mol. The summed E-state index contributed by atoms with van der Waals surface area (Å²) in [5.74, 6) is 1.72. The van der Waals surface area contributed by atoms with Crippen molar-refractivity contribution in [3.8, 4) is 12.3 Å². The van der Waals surface area contributed by atoms with E-state index in [0.29, 0.717) is 0 Å². The number of para-hydroxylation sites is 1. The SMILES string of the molecule is C#Cc1cn[nH]c1C(=O)Nc1cc(S(=O)(=O)Nc2ccccc2Cl)ccc1N. The van der Waals surface area contributed by atoms with Crippen molar-refractivity contribution in [3.05, 3.63) is 64.9 Å². The molecule has 0 aliphatic carbocycles. The fourth-order valence-corrected chi connectivity index (χ4v) is 3.66. The molecule has 0 bridgehead atoms. The van der Waals surface area contributed by atoms with Gasteiger partial charge in [0.05, 0.1) is 38.7 Å². The van der Waals surface area contributed by atoms with Crippen molar-refractivity contribution in [2.24, 2.45) is 0 Å². The molecule has 0 aliphatic rings. The molecule has 0 saturated carbocycles. The molecule has 1 amide bonds. The predicted octanol–water partition coefficient (Wildman–Crippen LogP) is 2.68. The molecule has 2 aromatic carbocycles. The lowest BCUT2D eigenvalue weighted by molar-refractivity contribution is 0.102. The summed E-state index contributed by atoms with van der Waals surface area (Å²) < 4.78 is 27.7. The fourth-order valence-electron chi connectivity index (χ4n) is 2.31. The van der Waals surface area contributed by atoms with Crippen LogP contribution >= 0.6 is 11.6 Å². The van der Waals surface area contributed by atoms with Gasteiger partial charge in [-0.2, -0.15) is 5.10 Å². The molecule has 0 radical (unpaired) electrons. The maximum atomic E-state index is 12.7. The Kier molecular flexibility index (Phi) is 5.26. The van der Waals surface area contributed by atoms with Gasteiger partial charge in [-0.25, -0.2) is 8.42 Å². The minimum absolute atomic E-state index is 0.0596. The van der Waals surface area contributed by atoms with Crippen LogP contribution in [-0.2, 0) is 10.0 Å². The van der Waals surface area contributed by atoms with Crippen molar-refractivity contribution in [3.63, 3.8) is 0 Å². The number of sulfonamides is 1. The van der Waals surface area contributed by atoms with Crippen molar-refractivity contribution in [2.45, 2.75) is 4.90 Å². The zero-order chi connectivity index (χ0) is 20.3. The van der Waals surface area contributed by atoms with E-state index < -0.39 is 15.9 Å². The minimum Gasteiger partial charge on any atom is -0.397 e. The van der Waals surface area contributed by atoms with Crippen LogP contribution in [0.4, 0.5) is 17.1 Å². The molecule has 0 unspecified atom stereocenters. The van der Waals surface area contributed by atoms with Gasteiger partial charge in [0.1, 0.15) is 5.69 Å². The van der Waals surface area contributed by atoms with Crippen molar-refractivity contribution in [1.82, 2.24) is 10.2 Å². The summed E-state index contributed by atoms with van der Waals surface area (Å²) in [5, 5.41) is 8.97. The van der Waals surface area contributed by atoms with Crippen LogP contribution in [0.1, 0.15) is 16.1 Å². The van der Waals surface area contributed by atoms with E-state index in [-0.39, 0.29) is 38.2 Å². The van der Waals surface area contributed by atoms with Gasteiger partial charge in [0, 0.05) is 0 Å². The van der Waals surface area contributed by atoms with Crippen LogP contribution in [0.3, 0.4) is 0 Å². The number of halogens is 1. The van der Waals surface area contributed by atoms with Crippen molar-refractivity contribution in [1.29, 1.82) is 0 Å². The Morgan fingerprint density at radius 3 is 2.68 bits per heavy atom. The van der Waals surface area contributed by atoms with E-state index in [9.17, 15) is 13.2 Å². The Labute approximate surface area is 166 Å². The summed E-state index contributed by atoms with van der Waals surface area (Å²) in [6.45, 7) is 0. The highest BCUT2D eigenvalue weighted by Gasteiger charge is 2.19. The molecular formula is C18H14ClN5O3S. The molecular weight excluding hydrogens is 402 g/mol. The molecule has 5 N–H and O–H groups in total. The van der Waals surface area contributed by atoms with Gasteiger partial charge in [-0.1, -0.05) is 29.7 Å². The first kappa shape index (κ1) is 19.3. The molecule has 28 heavy (non-hydrogen) atoms. The second-order valence-electron chi connectivity index (χ2n) is 5.59. The lowest BCUT2D eigenvalue weighted by atomic mass is 10.2. The number of carbonyl (C=O) groups excluding carboxylic acids is 1. The quantitative estimate of drug-likeness (QED) is 0.376. The summed E-state index contributed by atoms with van der Waals surface area (Å²) in [6, 6.07) is 10.3. The summed E-state index contributed by atoms with van der Waals surface area (Å²) in [5.41, 5.74) is 6.69. The number of aromatic amines is 1. The maximum Gasteiger partial charge on any atom is 0.275 e. The minimum atomic E-state index is -3.97. The predicted molar refractivity (Wildman–Crippen MR) is 108 cm³/mol. The lowest BCUT2D eigenvalue weighted by Gasteiger charge is -2.12. The number of terminal acetylenes is 1. The summed E-state index contributed by atoms with van der Waals surface area (Å²) in [7, 11) is -3.97. The number of nitrogens with zero attached hydrogens (tertiary/aromatic N) is 1. The van der Waals surface area contributed by atoms with Crippen LogP contribution in [-0.4, -0.2) is 24.5 Å². The number of aromatic nitrogens is 2. The number of H-pyrrole nitrogens is 1. The molecule has 3 aromatic rings. The van der Waals surface area contributed by atoms with Gasteiger partial charge in [-0.3, -0.25) is 14.6 Å². The Hall–Kier alpha value is -3.48. The lowest BCUT2D eigenvalue weighted by Crippen LogP contribution is -2.17. The maximum absolute atomic E-state index is 12.7. The van der Waals surface area contributed by atoms with Crippen LogP contribution in [0.15, 0.2) is 53.6 Å². The third-order valence-corrected chi connectivity index (χ3v) is 5.42. The fraction of sp³-hybridized carbons (Fsp3) is 0. The second-order valence-corrected chi connectivity index (χ2v) is 7.68. The first-order chi connectivity index (χ1) is 13.3. The molecule has 0 aliphatic heterocycles. The Bertz CT molecular complexity index is 1200. The average Bonchev–Trinajstić information content (AvgIpc) is 3.14. The number of anilines is 3. The molecule has 1 aromatic heterocycles. The molecule has 0 saturated heterocycles. The van der Waals surface area contributed by atoms with Gasteiger partial charge in [-0.15, -0.1) is 6.42 Å². The molecule has 10 heteroatoms. The number of nitrogen functional groups attached to an aromatic ring is 1. The molecule has 142 valence electrons. The van der Waals surface area contributed by atoms with E-state index in [1.165, 1.54) is 30.5 Å². The number of nitrogens with one attached hydrogen (secondary N) is 3. The Morgan fingerprint density at radius 2 is 1.96 bits per heavy atom. The van der Waals surface area contributed by atoms with E-state index in [2.05, 4.69) is 26.2 Å². The second kappa shape index (κ2) is 7.64. The Morgan fingerprint density at radius 1 is 1.21 bits per heavy atom. The van der Waals surface area contributed by atoms with Gasteiger partial charge in [-0.05, 0) is 30.3 Å². The highest BCUT2D eigenvalue weighted by molar-refractivity contribution is 7.92. The number of nitrogens with two attached hydrogens (primary N) is 1. The molecule has 0 fully saturated rings. The number of carbonyl (C=O) groups is 1. The summed E-state index contributed by atoms with van der Waals surface area (Å²) in [4.78, 5) is 12.3. The first-order valence-corrected chi connectivity index (χ1v) is 9.66.